The number of methoxy groups -OCH3 is 1. The van der Waals surface area contributed by atoms with Gasteiger partial charge in [-0.1, -0.05) is 43.9 Å². The van der Waals surface area contributed by atoms with Gasteiger partial charge < -0.3 is 45.0 Å². The van der Waals surface area contributed by atoms with Gasteiger partial charge in [0.15, 0.2) is 6.10 Å². The zero-order valence-electron chi connectivity index (χ0n) is 28.9. The highest BCUT2D eigenvalue weighted by Gasteiger charge is 2.23. The van der Waals surface area contributed by atoms with Crippen LogP contribution >= 0.6 is 0 Å². The smallest absolute Gasteiger partial charge is 0.407 e. The molecule has 0 radical (unpaired) electrons. The van der Waals surface area contributed by atoms with Gasteiger partial charge in [0.1, 0.15) is 12.4 Å². The molecule has 0 spiro atoms. The zero-order chi connectivity index (χ0) is 34.7. The molecule has 0 aromatic heterocycles. The Bertz CT molecular complexity index is 1020. The topological polar surface area (TPSA) is 163 Å². The van der Waals surface area contributed by atoms with Crippen molar-refractivity contribution in [3.05, 3.63) is 30.3 Å². The second kappa shape index (κ2) is 26.2. The number of hydrogen-bond acceptors (Lipinski definition) is 9. The molecule has 272 valence electrons. The minimum absolute atomic E-state index is 0.00677. The Balaban J connectivity index is 1.38. The van der Waals surface area contributed by atoms with Crippen LogP contribution in [0.5, 0.6) is 5.75 Å². The van der Waals surface area contributed by atoms with E-state index >= 15 is 0 Å². The second-order valence-corrected chi connectivity index (χ2v) is 12.3. The third kappa shape index (κ3) is 21.2. The number of carbonyl (C=O) groups excluding carboxylic acids is 4. The molecule has 4 amide bonds. The van der Waals surface area contributed by atoms with Gasteiger partial charge in [-0.25, -0.2) is 14.4 Å². The number of nitrogens with one attached hydrogen (secondary N) is 4. The molecule has 1 unspecified atom stereocenters. The summed E-state index contributed by atoms with van der Waals surface area (Å²) in [7, 11) is 1.57. The highest BCUT2D eigenvalue weighted by Crippen LogP contribution is 2.29. The van der Waals surface area contributed by atoms with Crippen LogP contribution in [-0.4, -0.2) is 90.0 Å². The largest absolute Gasteiger partial charge is 0.484 e. The lowest BCUT2D eigenvalue weighted by atomic mass is 9.83. The normalized spacial score (nSPS) is 16.2. The van der Waals surface area contributed by atoms with E-state index in [1.54, 1.807) is 7.11 Å². The van der Waals surface area contributed by atoms with Crippen LogP contribution in [0.4, 0.5) is 14.4 Å². The third-order valence-electron chi connectivity index (χ3n) is 8.05. The summed E-state index contributed by atoms with van der Waals surface area (Å²) in [6, 6.07) is 9.32. The minimum Gasteiger partial charge on any atom is -0.484 e. The summed E-state index contributed by atoms with van der Waals surface area (Å²) in [6.45, 7) is 5.05. The molecule has 0 bridgehead atoms. The van der Waals surface area contributed by atoms with Crippen LogP contribution < -0.4 is 26.0 Å². The quantitative estimate of drug-likeness (QED) is 0.0837. The van der Waals surface area contributed by atoms with Gasteiger partial charge in [-0.2, -0.15) is 0 Å². The van der Waals surface area contributed by atoms with E-state index < -0.39 is 18.3 Å². The average Bonchev–Trinajstić information content (AvgIpc) is 3.08. The Labute approximate surface area is 285 Å². The Kier molecular flexibility index (Phi) is 22.1. The first-order valence-electron chi connectivity index (χ1n) is 17.5. The van der Waals surface area contributed by atoms with E-state index in [0.29, 0.717) is 63.6 Å². The molecule has 1 atom stereocenters. The predicted molar refractivity (Wildman–Crippen MR) is 182 cm³/mol. The fourth-order valence-electron chi connectivity index (χ4n) is 5.31. The molecule has 4 N–H and O–H groups in total. The Hall–Kier alpha value is -3.74. The van der Waals surface area contributed by atoms with Crippen molar-refractivity contribution in [1.29, 1.82) is 0 Å². The summed E-state index contributed by atoms with van der Waals surface area (Å²) in [5.74, 6) is 1.34. The first-order chi connectivity index (χ1) is 23.4. The highest BCUT2D eigenvalue weighted by atomic mass is 16.6. The number of amides is 4. The van der Waals surface area contributed by atoms with E-state index in [1.807, 2.05) is 30.3 Å². The molecule has 13 nitrogen and oxygen atoms in total. The molecule has 13 heteroatoms. The minimum atomic E-state index is -0.489. The van der Waals surface area contributed by atoms with Gasteiger partial charge in [0.2, 0.25) is 5.91 Å². The highest BCUT2D eigenvalue weighted by molar-refractivity contribution is 5.72. The Morgan fingerprint density at radius 1 is 0.625 bits per heavy atom. The molecular weight excluding hydrogens is 620 g/mol. The summed E-state index contributed by atoms with van der Waals surface area (Å²) in [6.07, 6.45) is 9.43. The summed E-state index contributed by atoms with van der Waals surface area (Å²) < 4.78 is 27.1. The molecule has 1 fully saturated rings. The molecule has 1 aliphatic carbocycles. The van der Waals surface area contributed by atoms with Gasteiger partial charge in [-0.15, -0.1) is 0 Å². The number of rotatable bonds is 24. The number of para-hydroxylation sites is 1. The zero-order valence-corrected chi connectivity index (χ0v) is 28.9. The first-order valence-corrected chi connectivity index (χ1v) is 17.5. The molecule has 48 heavy (non-hydrogen) atoms. The van der Waals surface area contributed by atoms with Gasteiger partial charge >= 0.3 is 18.3 Å². The van der Waals surface area contributed by atoms with Gasteiger partial charge in [0.25, 0.3) is 0 Å². The molecule has 0 heterocycles. The molecule has 0 saturated heterocycles. The standard InChI is InChI=1S/C35H58N4O9/c1-28(40)36-20-10-3-4-11-21-37-33(41)45-24-29-16-18-30(19-17-29)25-46-34(42)38-22-12-5-6-13-23-39-35(43)47-27-32(26-44-2)48-31-14-8-7-9-15-31/h7-9,14-15,29-30,32H,3-6,10-13,16-27H2,1-2H3,(H,36,40)(H,37,41)(H,38,42)(H,39,43). The molecule has 1 aromatic carbocycles. The molecule has 1 aromatic rings. The van der Waals surface area contributed by atoms with E-state index in [9.17, 15) is 19.2 Å². The van der Waals surface area contributed by atoms with Gasteiger partial charge in [-0.3, -0.25) is 4.79 Å². The van der Waals surface area contributed by atoms with Gasteiger partial charge in [-0.05, 0) is 75.3 Å². The van der Waals surface area contributed by atoms with Crippen molar-refractivity contribution in [2.75, 3.05) is 59.7 Å². The van der Waals surface area contributed by atoms with Crippen LogP contribution in [0.2, 0.25) is 0 Å². The molecule has 0 aliphatic heterocycles. The lowest BCUT2D eigenvalue weighted by Crippen LogP contribution is -2.33. The van der Waals surface area contributed by atoms with Crippen LogP contribution in [0.15, 0.2) is 30.3 Å². The molecule has 2 rings (SSSR count). The van der Waals surface area contributed by atoms with Gasteiger partial charge in [0, 0.05) is 40.2 Å². The maximum Gasteiger partial charge on any atom is 0.407 e. The summed E-state index contributed by atoms with van der Waals surface area (Å²) in [5, 5.41) is 11.1. The van der Waals surface area contributed by atoms with Gasteiger partial charge in [0.05, 0.1) is 19.8 Å². The number of ether oxygens (including phenoxy) is 5. The fourth-order valence-corrected chi connectivity index (χ4v) is 5.31. The van der Waals surface area contributed by atoms with Crippen LogP contribution in [0.1, 0.15) is 84.0 Å². The summed E-state index contributed by atoms with van der Waals surface area (Å²) in [5.41, 5.74) is 0. The van der Waals surface area contributed by atoms with Crippen LogP contribution in [0.25, 0.3) is 0 Å². The van der Waals surface area contributed by atoms with E-state index in [-0.39, 0.29) is 18.6 Å². The number of alkyl carbamates (subject to hydrolysis) is 3. The van der Waals surface area contributed by atoms with Crippen molar-refractivity contribution in [2.45, 2.75) is 90.1 Å². The number of benzene rings is 1. The number of unbranched alkanes of at least 4 members (excludes halogenated alkanes) is 6. The molecular formula is C35H58N4O9. The van der Waals surface area contributed by atoms with Crippen molar-refractivity contribution in [1.82, 2.24) is 21.3 Å². The first kappa shape index (κ1) is 40.4. The Morgan fingerprint density at radius 3 is 1.50 bits per heavy atom. The average molecular weight is 679 g/mol. The van der Waals surface area contributed by atoms with E-state index in [4.69, 9.17) is 23.7 Å². The van der Waals surface area contributed by atoms with Crippen molar-refractivity contribution in [3.8, 4) is 5.75 Å². The number of hydrogen-bond donors (Lipinski definition) is 4. The molecule has 1 saturated carbocycles. The SMILES string of the molecule is COCC(COC(=O)NCCCCCCNC(=O)OCC1CCC(COC(=O)NCCCCCCNC(C)=O)CC1)Oc1ccccc1. The summed E-state index contributed by atoms with van der Waals surface area (Å²) >= 11 is 0. The monoisotopic (exact) mass is 678 g/mol. The fraction of sp³-hybridized carbons (Fsp3) is 0.714. The van der Waals surface area contributed by atoms with Crippen molar-refractivity contribution in [2.24, 2.45) is 11.8 Å². The van der Waals surface area contributed by atoms with Crippen molar-refractivity contribution >= 4 is 24.2 Å². The van der Waals surface area contributed by atoms with Crippen LogP contribution in [-0.2, 0) is 23.7 Å². The second-order valence-electron chi connectivity index (χ2n) is 12.3. The van der Waals surface area contributed by atoms with Crippen LogP contribution in [0.3, 0.4) is 0 Å². The van der Waals surface area contributed by atoms with E-state index in [0.717, 1.165) is 77.0 Å². The predicted octanol–water partition coefficient (Wildman–Crippen LogP) is 5.32. The lowest BCUT2D eigenvalue weighted by molar-refractivity contribution is -0.118. The van der Waals surface area contributed by atoms with Crippen molar-refractivity contribution in [3.63, 3.8) is 0 Å². The summed E-state index contributed by atoms with van der Waals surface area (Å²) in [4.78, 5) is 46.9. The maximum atomic E-state index is 12.1. The Morgan fingerprint density at radius 2 is 1.06 bits per heavy atom. The lowest BCUT2D eigenvalue weighted by Gasteiger charge is -2.27. The number of carbonyl (C=O) groups is 4. The van der Waals surface area contributed by atoms with Crippen molar-refractivity contribution < 1.29 is 42.9 Å². The maximum absolute atomic E-state index is 12.1. The third-order valence-corrected chi connectivity index (χ3v) is 8.05. The van der Waals surface area contributed by atoms with Crippen LogP contribution in [0, 0.1) is 11.8 Å². The van der Waals surface area contributed by atoms with E-state index in [1.165, 1.54) is 6.92 Å². The van der Waals surface area contributed by atoms with E-state index in [2.05, 4.69) is 21.3 Å². The molecule has 1 aliphatic rings.